The highest BCUT2D eigenvalue weighted by Gasteiger charge is 2.11. The number of carbonyl (C=O) groups is 1. The first kappa shape index (κ1) is 20.2. The van der Waals surface area contributed by atoms with Gasteiger partial charge in [0.1, 0.15) is 17.4 Å². The van der Waals surface area contributed by atoms with Crippen molar-refractivity contribution in [3.05, 3.63) is 56.4 Å². The molecule has 8 nitrogen and oxygen atoms in total. The quantitative estimate of drug-likeness (QED) is 0.385. The maximum Gasteiger partial charge on any atom is 0.344 e. The van der Waals surface area contributed by atoms with Gasteiger partial charge in [-0.1, -0.05) is 22.9 Å². The Bertz CT molecular complexity index is 1000. The highest BCUT2D eigenvalue weighted by atomic mass is 35.5. The molecule has 2 heterocycles. The second kappa shape index (κ2) is 9.63. The van der Waals surface area contributed by atoms with Gasteiger partial charge in [0.15, 0.2) is 6.61 Å². The van der Waals surface area contributed by atoms with Crippen molar-refractivity contribution < 1.29 is 19.0 Å². The average molecular weight is 424 g/mol. The number of esters is 1. The lowest BCUT2D eigenvalue weighted by atomic mass is 10.3. The van der Waals surface area contributed by atoms with E-state index in [0.717, 1.165) is 5.01 Å². The zero-order chi connectivity index (χ0) is 19.9. The van der Waals surface area contributed by atoms with E-state index < -0.39 is 5.97 Å². The van der Waals surface area contributed by atoms with Crippen LogP contribution in [-0.2, 0) is 27.3 Å². The van der Waals surface area contributed by atoms with Gasteiger partial charge in [-0.25, -0.2) is 9.78 Å². The molecule has 0 N–H and O–H groups in total. The van der Waals surface area contributed by atoms with Crippen molar-refractivity contribution in [2.75, 3.05) is 19.8 Å². The molecule has 2 aromatic heterocycles. The van der Waals surface area contributed by atoms with Gasteiger partial charge < -0.3 is 14.2 Å². The standard InChI is InChI=1S/C18H18ClN3O5S/c1-2-25-8-7-15-21-22-16(23)9-13(20-18(22)28-15)10-27-17(24)11-26-14-5-3-12(19)4-6-14/h3-6,9H,2,7-8,10-11H2,1H3. The number of benzene rings is 1. The lowest BCUT2D eigenvalue weighted by Crippen LogP contribution is -2.18. The van der Waals surface area contributed by atoms with E-state index in [9.17, 15) is 9.59 Å². The van der Waals surface area contributed by atoms with Crippen molar-refractivity contribution in [1.82, 2.24) is 14.6 Å². The van der Waals surface area contributed by atoms with Crippen molar-refractivity contribution in [1.29, 1.82) is 0 Å². The second-order valence-corrected chi connectivity index (χ2v) is 7.10. The Morgan fingerprint density at radius 2 is 2.07 bits per heavy atom. The second-order valence-electron chi connectivity index (χ2n) is 5.63. The summed E-state index contributed by atoms with van der Waals surface area (Å²) < 4.78 is 17.0. The highest BCUT2D eigenvalue weighted by Crippen LogP contribution is 2.15. The summed E-state index contributed by atoms with van der Waals surface area (Å²) in [6.45, 7) is 2.69. The minimum atomic E-state index is -0.571. The number of hydrogen-bond donors (Lipinski definition) is 0. The lowest BCUT2D eigenvalue weighted by Gasteiger charge is -2.06. The molecule has 0 atom stereocenters. The van der Waals surface area contributed by atoms with Crippen molar-refractivity contribution in [3.8, 4) is 5.75 Å². The summed E-state index contributed by atoms with van der Waals surface area (Å²) in [5.41, 5.74) is 0.0252. The SMILES string of the molecule is CCOCCc1nn2c(=O)cc(COC(=O)COc3ccc(Cl)cc3)nc2s1. The summed E-state index contributed by atoms with van der Waals surface area (Å²) in [4.78, 5) is 28.8. The Balaban J connectivity index is 1.56. The number of halogens is 1. The molecule has 0 unspecified atom stereocenters. The van der Waals surface area contributed by atoms with E-state index in [1.54, 1.807) is 24.3 Å². The maximum atomic E-state index is 12.2. The number of fused-ring (bicyclic) bond motifs is 1. The molecular formula is C18H18ClN3O5S. The zero-order valence-corrected chi connectivity index (χ0v) is 16.7. The third kappa shape index (κ3) is 5.51. The number of carbonyl (C=O) groups excluding carboxylic acids is 1. The summed E-state index contributed by atoms with van der Waals surface area (Å²) in [5.74, 6) is -0.0676. The Hall–Kier alpha value is -2.49. The third-order valence-electron chi connectivity index (χ3n) is 3.56. The van der Waals surface area contributed by atoms with Crippen LogP contribution in [0, 0.1) is 0 Å². The first-order chi connectivity index (χ1) is 13.5. The summed E-state index contributed by atoms with van der Waals surface area (Å²) in [7, 11) is 0. The molecule has 10 heteroatoms. The molecule has 0 amide bonds. The maximum absolute atomic E-state index is 12.2. The minimum absolute atomic E-state index is 0.124. The third-order valence-corrected chi connectivity index (χ3v) is 4.78. The molecule has 148 valence electrons. The van der Waals surface area contributed by atoms with E-state index in [0.29, 0.717) is 41.1 Å². The van der Waals surface area contributed by atoms with Crippen LogP contribution in [-0.4, -0.2) is 40.4 Å². The van der Waals surface area contributed by atoms with Gasteiger partial charge in [-0.05, 0) is 31.2 Å². The molecule has 0 aliphatic carbocycles. The normalized spacial score (nSPS) is 10.9. The van der Waals surface area contributed by atoms with Crippen LogP contribution < -0.4 is 10.3 Å². The summed E-state index contributed by atoms with van der Waals surface area (Å²) in [6.07, 6.45) is 0.605. The van der Waals surface area contributed by atoms with Gasteiger partial charge in [0.05, 0.1) is 12.3 Å². The Kier molecular flexibility index (Phi) is 6.96. The van der Waals surface area contributed by atoms with Gasteiger partial charge >= 0.3 is 5.97 Å². The summed E-state index contributed by atoms with van der Waals surface area (Å²) in [6, 6.07) is 7.92. The van der Waals surface area contributed by atoms with Gasteiger partial charge in [-0.15, -0.1) is 0 Å². The van der Waals surface area contributed by atoms with Crippen LogP contribution in [0.2, 0.25) is 5.02 Å². The topological polar surface area (TPSA) is 92.0 Å². The van der Waals surface area contributed by atoms with Gasteiger partial charge in [0, 0.05) is 24.1 Å². The van der Waals surface area contributed by atoms with Crippen molar-refractivity contribution in [2.45, 2.75) is 20.0 Å². The minimum Gasteiger partial charge on any atom is -0.482 e. The van der Waals surface area contributed by atoms with Crippen LogP contribution in [0.25, 0.3) is 4.96 Å². The van der Waals surface area contributed by atoms with Crippen LogP contribution in [0.4, 0.5) is 0 Å². The van der Waals surface area contributed by atoms with E-state index in [2.05, 4.69) is 10.1 Å². The first-order valence-electron chi connectivity index (χ1n) is 8.55. The van der Waals surface area contributed by atoms with Crippen LogP contribution >= 0.6 is 22.9 Å². The lowest BCUT2D eigenvalue weighted by molar-refractivity contribution is -0.147. The first-order valence-corrected chi connectivity index (χ1v) is 9.75. The van der Waals surface area contributed by atoms with E-state index in [1.807, 2.05) is 6.92 Å². The fraction of sp³-hybridized carbons (Fsp3) is 0.333. The van der Waals surface area contributed by atoms with Gasteiger partial charge in [-0.3, -0.25) is 4.79 Å². The fourth-order valence-electron chi connectivity index (χ4n) is 2.24. The molecule has 28 heavy (non-hydrogen) atoms. The molecular weight excluding hydrogens is 406 g/mol. The predicted octanol–water partition coefficient (Wildman–Crippen LogP) is 2.51. The van der Waals surface area contributed by atoms with E-state index in [-0.39, 0.29) is 18.8 Å². The van der Waals surface area contributed by atoms with Crippen molar-refractivity contribution in [3.63, 3.8) is 0 Å². The molecule has 0 saturated carbocycles. The molecule has 0 bridgehead atoms. The van der Waals surface area contributed by atoms with Crippen LogP contribution in [0.1, 0.15) is 17.6 Å². The Morgan fingerprint density at radius 1 is 1.29 bits per heavy atom. The number of aromatic nitrogens is 3. The number of rotatable bonds is 9. The van der Waals surface area contributed by atoms with E-state index >= 15 is 0 Å². The molecule has 3 rings (SSSR count). The molecule has 0 aliphatic heterocycles. The van der Waals surface area contributed by atoms with Gasteiger partial charge in [-0.2, -0.15) is 9.61 Å². The molecule has 0 saturated heterocycles. The molecule has 3 aromatic rings. The molecule has 0 aliphatic rings. The van der Waals surface area contributed by atoms with Crippen LogP contribution in [0.15, 0.2) is 35.1 Å². The highest BCUT2D eigenvalue weighted by molar-refractivity contribution is 7.16. The van der Waals surface area contributed by atoms with Crippen LogP contribution in [0.5, 0.6) is 5.75 Å². The van der Waals surface area contributed by atoms with E-state index in [1.165, 1.54) is 21.9 Å². The van der Waals surface area contributed by atoms with E-state index in [4.69, 9.17) is 25.8 Å². The largest absolute Gasteiger partial charge is 0.482 e. The Morgan fingerprint density at radius 3 is 2.82 bits per heavy atom. The van der Waals surface area contributed by atoms with Crippen LogP contribution in [0.3, 0.4) is 0 Å². The van der Waals surface area contributed by atoms with Gasteiger partial charge in [0.25, 0.3) is 5.56 Å². The molecule has 0 radical (unpaired) electrons. The fourth-order valence-corrected chi connectivity index (χ4v) is 3.27. The number of ether oxygens (including phenoxy) is 3. The molecule has 0 fully saturated rings. The summed E-state index contributed by atoms with van der Waals surface area (Å²) >= 11 is 7.09. The molecule has 0 spiro atoms. The van der Waals surface area contributed by atoms with Crippen molar-refractivity contribution in [2.24, 2.45) is 0 Å². The van der Waals surface area contributed by atoms with Gasteiger partial charge in [0.2, 0.25) is 4.96 Å². The zero-order valence-electron chi connectivity index (χ0n) is 15.1. The summed E-state index contributed by atoms with van der Waals surface area (Å²) in [5, 5.41) is 5.56. The predicted molar refractivity (Wildman–Crippen MR) is 104 cm³/mol. The Labute approximate surface area is 169 Å². The number of nitrogens with zero attached hydrogens (tertiary/aromatic N) is 3. The monoisotopic (exact) mass is 423 g/mol. The average Bonchev–Trinajstić information content (AvgIpc) is 3.10. The number of hydrogen-bond acceptors (Lipinski definition) is 8. The molecule has 1 aromatic carbocycles. The van der Waals surface area contributed by atoms with Crippen molar-refractivity contribution >= 4 is 33.9 Å². The smallest absolute Gasteiger partial charge is 0.344 e.